The summed E-state index contributed by atoms with van der Waals surface area (Å²) >= 11 is 0. The van der Waals surface area contributed by atoms with Crippen LogP contribution < -0.4 is 0 Å². The highest BCUT2D eigenvalue weighted by molar-refractivity contribution is 5.63. The summed E-state index contributed by atoms with van der Waals surface area (Å²) in [7, 11) is 0. The second-order valence-electron chi connectivity index (χ2n) is 3.78. The molecule has 0 aromatic heterocycles. The van der Waals surface area contributed by atoms with Gasteiger partial charge in [0.1, 0.15) is 0 Å². The first-order valence-electron chi connectivity index (χ1n) is 5.50. The van der Waals surface area contributed by atoms with Crippen LogP contribution in [0.25, 0.3) is 5.57 Å². The molecule has 0 aliphatic carbocycles. The summed E-state index contributed by atoms with van der Waals surface area (Å²) in [5, 5.41) is 0. The van der Waals surface area contributed by atoms with Gasteiger partial charge in [0.2, 0.25) is 0 Å². The number of hydrogen-bond acceptors (Lipinski definition) is 0. The highest BCUT2D eigenvalue weighted by Gasteiger charge is 1.96. The fraction of sp³-hybridized carbons (Fsp3) is 0.429. The van der Waals surface area contributed by atoms with Crippen LogP contribution in [0.2, 0.25) is 0 Å². The number of benzene rings is 1. The van der Waals surface area contributed by atoms with E-state index in [2.05, 4.69) is 51.1 Å². The molecule has 0 aliphatic heterocycles. The van der Waals surface area contributed by atoms with E-state index < -0.39 is 0 Å². The molecule has 0 amide bonds. The molecular formula is C14H20. The van der Waals surface area contributed by atoms with Crippen LogP contribution in [0.1, 0.15) is 44.7 Å². The van der Waals surface area contributed by atoms with Gasteiger partial charge in [-0.25, -0.2) is 0 Å². The molecule has 0 aliphatic rings. The minimum Gasteiger partial charge on any atom is -0.0841 e. The molecule has 0 unspecified atom stereocenters. The van der Waals surface area contributed by atoms with E-state index in [1.807, 2.05) is 0 Å². The Labute approximate surface area is 87.7 Å². The Balaban J connectivity index is 2.79. The molecule has 0 heterocycles. The van der Waals surface area contributed by atoms with Gasteiger partial charge in [0.15, 0.2) is 0 Å². The van der Waals surface area contributed by atoms with Crippen molar-refractivity contribution in [1.29, 1.82) is 0 Å². The second kappa shape index (κ2) is 5.64. The molecular weight excluding hydrogens is 168 g/mol. The average Bonchev–Trinajstić information content (AvgIpc) is 2.25. The monoisotopic (exact) mass is 188 g/mol. The predicted octanol–water partition coefficient (Wildman–Crippen LogP) is 4.45. The summed E-state index contributed by atoms with van der Waals surface area (Å²) in [5.74, 6) is 0. The summed E-state index contributed by atoms with van der Waals surface area (Å²) in [5.41, 5.74) is 4.19. The lowest BCUT2D eigenvalue weighted by molar-refractivity contribution is 0.795. The molecule has 0 heteroatoms. The minimum absolute atomic E-state index is 1.21. The van der Waals surface area contributed by atoms with Gasteiger partial charge in [-0.05, 0) is 43.4 Å². The maximum atomic E-state index is 2.31. The molecule has 0 N–H and O–H groups in total. The van der Waals surface area contributed by atoms with Crippen molar-refractivity contribution in [3.05, 3.63) is 41.5 Å². The number of allylic oxidation sites excluding steroid dienone is 2. The lowest BCUT2D eigenvalue weighted by Crippen LogP contribution is -1.87. The van der Waals surface area contributed by atoms with Gasteiger partial charge in [-0.2, -0.15) is 0 Å². The summed E-state index contributed by atoms with van der Waals surface area (Å²) in [4.78, 5) is 0. The summed E-state index contributed by atoms with van der Waals surface area (Å²) in [6.07, 6.45) is 5.94. The molecule has 0 bridgehead atoms. The normalized spacial score (nSPS) is 11.8. The molecule has 0 atom stereocenters. The molecule has 0 nitrogen and oxygen atoms in total. The topological polar surface area (TPSA) is 0 Å². The fourth-order valence-electron chi connectivity index (χ4n) is 1.52. The average molecular weight is 188 g/mol. The van der Waals surface area contributed by atoms with Crippen LogP contribution >= 0.6 is 0 Å². The first kappa shape index (κ1) is 11.0. The third kappa shape index (κ3) is 3.02. The van der Waals surface area contributed by atoms with Crippen LogP contribution in [0.3, 0.4) is 0 Å². The zero-order valence-electron chi connectivity index (χ0n) is 9.51. The van der Waals surface area contributed by atoms with Crippen molar-refractivity contribution >= 4 is 5.57 Å². The molecule has 0 saturated carbocycles. The predicted molar refractivity (Wildman–Crippen MR) is 64.4 cm³/mol. The lowest BCUT2D eigenvalue weighted by atomic mass is 10.0. The third-order valence-electron chi connectivity index (χ3n) is 2.63. The van der Waals surface area contributed by atoms with E-state index in [0.717, 1.165) is 0 Å². The van der Waals surface area contributed by atoms with Gasteiger partial charge in [0, 0.05) is 0 Å². The molecule has 1 aromatic rings. The zero-order valence-corrected chi connectivity index (χ0v) is 9.51. The van der Waals surface area contributed by atoms with Crippen LogP contribution in [-0.2, 0) is 6.42 Å². The van der Waals surface area contributed by atoms with Crippen molar-refractivity contribution in [3.8, 4) is 0 Å². The smallest absolute Gasteiger partial charge is 0.0228 e. The Hall–Kier alpha value is -1.04. The van der Waals surface area contributed by atoms with E-state index in [1.54, 1.807) is 0 Å². The summed E-state index contributed by atoms with van der Waals surface area (Å²) in [6.45, 7) is 6.49. The first-order chi connectivity index (χ1) is 6.77. The summed E-state index contributed by atoms with van der Waals surface area (Å²) < 4.78 is 0. The number of hydrogen-bond donors (Lipinski definition) is 0. The van der Waals surface area contributed by atoms with E-state index in [0.29, 0.717) is 0 Å². The SMILES string of the molecule is CC=C(C)c1cccc(CCCC)c1. The molecule has 14 heavy (non-hydrogen) atoms. The molecule has 76 valence electrons. The zero-order chi connectivity index (χ0) is 10.4. The van der Waals surface area contributed by atoms with Gasteiger partial charge in [-0.3, -0.25) is 0 Å². The standard InChI is InChI=1S/C14H20/c1-4-6-8-13-9-7-10-14(11-13)12(3)5-2/h5,7,9-11H,4,6,8H2,1-3H3. The lowest BCUT2D eigenvalue weighted by Gasteiger charge is -2.04. The van der Waals surface area contributed by atoms with Crippen molar-refractivity contribution < 1.29 is 0 Å². The van der Waals surface area contributed by atoms with Crippen LogP contribution in [-0.4, -0.2) is 0 Å². The molecule has 0 radical (unpaired) electrons. The summed E-state index contributed by atoms with van der Waals surface area (Å²) in [6, 6.07) is 8.88. The largest absolute Gasteiger partial charge is 0.0841 e. The highest BCUT2D eigenvalue weighted by Crippen LogP contribution is 2.16. The number of aryl methyl sites for hydroxylation is 1. The van der Waals surface area contributed by atoms with E-state index in [4.69, 9.17) is 0 Å². The Bertz CT molecular complexity index is 308. The van der Waals surface area contributed by atoms with Crippen LogP contribution in [0.5, 0.6) is 0 Å². The van der Waals surface area contributed by atoms with Gasteiger partial charge in [-0.15, -0.1) is 0 Å². The van der Waals surface area contributed by atoms with Gasteiger partial charge < -0.3 is 0 Å². The number of rotatable bonds is 4. The quantitative estimate of drug-likeness (QED) is 0.654. The Morgan fingerprint density at radius 2 is 2.14 bits per heavy atom. The van der Waals surface area contributed by atoms with Crippen molar-refractivity contribution in [2.24, 2.45) is 0 Å². The van der Waals surface area contributed by atoms with Crippen LogP contribution in [0.4, 0.5) is 0 Å². The molecule has 1 rings (SSSR count). The minimum atomic E-state index is 1.21. The van der Waals surface area contributed by atoms with Crippen molar-refractivity contribution in [2.45, 2.75) is 40.0 Å². The highest BCUT2D eigenvalue weighted by atomic mass is 14.0. The van der Waals surface area contributed by atoms with Gasteiger partial charge >= 0.3 is 0 Å². The second-order valence-corrected chi connectivity index (χ2v) is 3.78. The number of unbranched alkanes of at least 4 members (excludes halogenated alkanes) is 1. The van der Waals surface area contributed by atoms with E-state index in [1.165, 1.54) is 36.0 Å². The van der Waals surface area contributed by atoms with Gasteiger partial charge in [0.25, 0.3) is 0 Å². The van der Waals surface area contributed by atoms with Gasteiger partial charge in [0.05, 0.1) is 0 Å². The van der Waals surface area contributed by atoms with Crippen LogP contribution in [0, 0.1) is 0 Å². The maximum Gasteiger partial charge on any atom is -0.0228 e. The fourth-order valence-corrected chi connectivity index (χ4v) is 1.52. The van der Waals surface area contributed by atoms with E-state index in [9.17, 15) is 0 Å². The van der Waals surface area contributed by atoms with E-state index in [-0.39, 0.29) is 0 Å². The Morgan fingerprint density at radius 3 is 2.79 bits per heavy atom. The van der Waals surface area contributed by atoms with Crippen LogP contribution in [0.15, 0.2) is 30.3 Å². The first-order valence-corrected chi connectivity index (χ1v) is 5.50. The van der Waals surface area contributed by atoms with Crippen molar-refractivity contribution in [1.82, 2.24) is 0 Å². The molecule has 0 saturated heterocycles. The van der Waals surface area contributed by atoms with Gasteiger partial charge in [-0.1, -0.05) is 43.7 Å². The third-order valence-corrected chi connectivity index (χ3v) is 2.63. The molecule has 1 aromatic carbocycles. The van der Waals surface area contributed by atoms with Crippen molar-refractivity contribution in [2.75, 3.05) is 0 Å². The Kier molecular flexibility index (Phi) is 4.45. The van der Waals surface area contributed by atoms with E-state index >= 15 is 0 Å². The molecule has 0 fully saturated rings. The van der Waals surface area contributed by atoms with Crippen molar-refractivity contribution in [3.63, 3.8) is 0 Å². The maximum absolute atomic E-state index is 2.31. The molecule has 0 spiro atoms. The Morgan fingerprint density at radius 1 is 1.36 bits per heavy atom.